The molecule has 4 rings (SSSR count). The van der Waals surface area contributed by atoms with Gasteiger partial charge in [-0.1, -0.05) is 54.1 Å². The summed E-state index contributed by atoms with van der Waals surface area (Å²) in [5.41, 5.74) is 5.01. The topological polar surface area (TPSA) is 61.7 Å². The molecule has 0 spiro atoms. The summed E-state index contributed by atoms with van der Waals surface area (Å²) < 4.78 is 5.99. The van der Waals surface area contributed by atoms with Crippen LogP contribution in [-0.2, 0) is 6.61 Å². The molecule has 0 radical (unpaired) electrons. The van der Waals surface area contributed by atoms with Gasteiger partial charge in [0.2, 0.25) is 0 Å². The monoisotopic (exact) mass is 399 g/mol. The van der Waals surface area contributed by atoms with E-state index in [0.29, 0.717) is 28.8 Å². The number of allylic oxidation sites excluding steroid dienone is 1. The van der Waals surface area contributed by atoms with Crippen molar-refractivity contribution >= 4 is 34.3 Å². The molecule has 4 aromatic rings. The molecule has 1 heterocycles. The van der Waals surface area contributed by atoms with Crippen LogP contribution in [0.1, 0.15) is 22.5 Å². The number of hydrogen-bond donors (Lipinski definition) is 1. The Morgan fingerprint density at radius 1 is 1.14 bits per heavy atom. The summed E-state index contributed by atoms with van der Waals surface area (Å²) in [5.74, 6) is 1.21. The van der Waals surface area contributed by atoms with E-state index in [1.807, 2.05) is 73.7 Å². The van der Waals surface area contributed by atoms with Gasteiger partial charge >= 0.3 is 0 Å². The van der Waals surface area contributed by atoms with Crippen LogP contribution in [0.15, 0.2) is 66.7 Å². The second-order valence-electron chi connectivity index (χ2n) is 6.69. The van der Waals surface area contributed by atoms with Crippen molar-refractivity contribution in [3.63, 3.8) is 0 Å². The van der Waals surface area contributed by atoms with Crippen LogP contribution in [0, 0.1) is 18.3 Å². The Labute approximate surface area is 174 Å². The zero-order valence-corrected chi connectivity index (χ0v) is 16.6. The van der Waals surface area contributed by atoms with Gasteiger partial charge in [0.15, 0.2) is 0 Å². The summed E-state index contributed by atoms with van der Waals surface area (Å²) in [6.07, 6.45) is 1.78. The van der Waals surface area contributed by atoms with Crippen molar-refractivity contribution in [2.45, 2.75) is 13.5 Å². The van der Waals surface area contributed by atoms with Crippen LogP contribution >= 0.6 is 11.6 Å². The fourth-order valence-electron chi connectivity index (χ4n) is 3.06. The minimum Gasteiger partial charge on any atom is -0.488 e. The zero-order chi connectivity index (χ0) is 20.2. The maximum Gasteiger partial charge on any atom is 0.149 e. The van der Waals surface area contributed by atoms with Crippen molar-refractivity contribution in [1.29, 1.82) is 5.26 Å². The Kier molecular flexibility index (Phi) is 5.33. The predicted octanol–water partition coefficient (Wildman–Crippen LogP) is 6.17. The summed E-state index contributed by atoms with van der Waals surface area (Å²) in [4.78, 5) is 7.78. The number of halogens is 1. The molecule has 0 saturated heterocycles. The Morgan fingerprint density at radius 2 is 1.93 bits per heavy atom. The lowest BCUT2D eigenvalue weighted by molar-refractivity contribution is 0.305. The third-order valence-corrected chi connectivity index (χ3v) is 4.94. The van der Waals surface area contributed by atoms with E-state index in [1.54, 1.807) is 6.08 Å². The number of fused-ring (bicyclic) bond motifs is 1. The molecular formula is C24H18ClN3O. The molecule has 0 atom stereocenters. The molecule has 0 aliphatic heterocycles. The number of aromatic nitrogens is 2. The van der Waals surface area contributed by atoms with Crippen LogP contribution in [0.2, 0.25) is 5.02 Å². The molecule has 0 saturated carbocycles. The SMILES string of the molecule is Cc1ccc2nc(/C(C#N)=C/c3ccccc3OCc3ccccc3Cl)[nH]c2c1. The zero-order valence-electron chi connectivity index (χ0n) is 15.8. The van der Waals surface area contributed by atoms with Crippen LogP contribution in [0.5, 0.6) is 5.75 Å². The number of imidazole rings is 1. The second kappa shape index (κ2) is 8.22. The lowest BCUT2D eigenvalue weighted by Crippen LogP contribution is -1.98. The van der Waals surface area contributed by atoms with E-state index >= 15 is 0 Å². The van der Waals surface area contributed by atoms with Gasteiger partial charge < -0.3 is 9.72 Å². The first kappa shape index (κ1) is 18.8. The van der Waals surface area contributed by atoms with Crippen LogP contribution in [0.25, 0.3) is 22.7 Å². The molecule has 0 fully saturated rings. The van der Waals surface area contributed by atoms with E-state index in [1.165, 1.54) is 0 Å². The van der Waals surface area contributed by atoms with Crippen LogP contribution in [0.3, 0.4) is 0 Å². The largest absolute Gasteiger partial charge is 0.488 e. The lowest BCUT2D eigenvalue weighted by atomic mass is 10.1. The van der Waals surface area contributed by atoms with Crippen LogP contribution in [0.4, 0.5) is 0 Å². The Hall–Kier alpha value is -3.55. The van der Waals surface area contributed by atoms with E-state index in [-0.39, 0.29) is 0 Å². The fraction of sp³-hybridized carbons (Fsp3) is 0.0833. The lowest BCUT2D eigenvalue weighted by Gasteiger charge is -2.10. The van der Waals surface area contributed by atoms with Crippen molar-refractivity contribution in [1.82, 2.24) is 9.97 Å². The smallest absolute Gasteiger partial charge is 0.149 e. The number of nitriles is 1. The first-order valence-corrected chi connectivity index (χ1v) is 9.55. The molecule has 3 aromatic carbocycles. The number of ether oxygens (including phenoxy) is 1. The van der Waals surface area contributed by atoms with Gasteiger partial charge in [0.1, 0.15) is 24.3 Å². The molecule has 0 aliphatic rings. The van der Waals surface area contributed by atoms with Crippen molar-refractivity contribution < 1.29 is 4.74 Å². The summed E-state index contributed by atoms with van der Waals surface area (Å²) >= 11 is 6.22. The van der Waals surface area contributed by atoms with Gasteiger partial charge in [-0.2, -0.15) is 5.26 Å². The van der Waals surface area contributed by atoms with Crippen molar-refractivity contribution in [3.8, 4) is 11.8 Å². The number of aryl methyl sites for hydroxylation is 1. The minimum atomic E-state index is 0.344. The van der Waals surface area contributed by atoms with Gasteiger partial charge in [0.25, 0.3) is 0 Å². The number of para-hydroxylation sites is 1. The average molecular weight is 400 g/mol. The summed E-state index contributed by atoms with van der Waals surface area (Å²) in [6, 6.07) is 23.4. The second-order valence-corrected chi connectivity index (χ2v) is 7.10. The van der Waals surface area contributed by atoms with Gasteiger partial charge in [0, 0.05) is 16.1 Å². The maximum absolute atomic E-state index is 9.72. The van der Waals surface area contributed by atoms with E-state index in [4.69, 9.17) is 16.3 Å². The van der Waals surface area contributed by atoms with Crippen molar-refractivity contribution in [2.24, 2.45) is 0 Å². The highest BCUT2D eigenvalue weighted by Crippen LogP contribution is 2.26. The molecule has 0 aliphatic carbocycles. The summed E-state index contributed by atoms with van der Waals surface area (Å²) in [5, 5.41) is 10.4. The fourth-order valence-corrected chi connectivity index (χ4v) is 3.25. The van der Waals surface area contributed by atoms with E-state index in [2.05, 4.69) is 16.0 Å². The van der Waals surface area contributed by atoms with Crippen LogP contribution in [-0.4, -0.2) is 9.97 Å². The molecule has 0 unspecified atom stereocenters. The minimum absolute atomic E-state index is 0.344. The van der Waals surface area contributed by atoms with Crippen molar-refractivity contribution in [3.05, 3.63) is 94.3 Å². The average Bonchev–Trinajstić information content (AvgIpc) is 3.15. The standard InChI is InChI=1S/C24H18ClN3O/c1-16-10-11-21-22(12-16)28-24(27-21)19(14-26)13-17-6-3-5-9-23(17)29-15-18-7-2-4-8-20(18)25/h2-13H,15H2,1H3,(H,27,28)/b19-13+. The molecule has 0 amide bonds. The van der Waals surface area contributed by atoms with Gasteiger partial charge in [-0.15, -0.1) is 0 Å². The Bertz CT molecular complexity index is 1250. The van der Waals surface area contributed by atoms with E-state index < -0.39 is 0 Å². The molecule has 142 valence electrons. The van der Waals surface area contributed by atoms with Gasteiger partial charge in [-0.3, -0.25) is 0 Å². The summed E-state index contributed by atoms with van der Waals surface area (Å²) in [7, 11) is 0. The van der Waals surface area contributed by atoms with Gasteiger partial charge in [-0.25, -0.2) is 4.98 Å². The number of aromatic amines is 1. The quantitative estimate of drug-likeness (QED) is 0.408. The molecule has 4 nitrogen and oxygen atoms in total. The number of benzene rings is 3. The van der Waals surface area contributed by atoms with Crippen molar-refractivity contribution in [2.75, 3.05) is 0 Å². The molecule has 5 heteroatoms. The molecule has 1 aromatic heterocycles. The molecular weight excluding hydrogens is 382 g/mol. The number of rotatable bonds is 5. The third kappa shape index (κ3) is 4.16. The third-order valence-electron chi connectivity index (χ3n) is 4.57. The normalized spacial score (nSPS) is 11.4. The van der Waals surface area contributed by atoms with E-state index in [0.717, 1.165) is 27.7 Å². The maximum atomic E-state index is 9.72. The highest BCUT2D eigenvalue weighted by atomic mass is 35.5. The van der Waals surface area contributed by atoms with Gasteiger partial charge in [-0.05, 0) is 42.8 Å². The number of nitrogens with one attached hydrogen (secondary N) is 1. The first-order chi connectivity index (χ1) is 14.1. The Morgan fingerprint density at radius 3 is 2.76 bits per heavy atom. The highest BCUT2D eigenvalue weighted by Gasteiger charge is 2.10. The molecule has 0 bridgehead atoms. The highest BCUT2D eigenvalue weighted by molar-refractivity contribution is 6.31. The summed E-state index contributed by atoms with van der Waals surface area (Å²) in [6.45, 7) is 2.36. The number of hydrogen-bond acceptors (Lipinski definition) is 3. The number of nitrogens with zero attached hydrogens (tertiary/aromatic N) is 2. The predicted molar refractivity (Wildman–Crippen MR) is 117 cm³/mol. The Balaban J connectivity index is 1.65. The molecule has 1 N–H and O–H groups in total. The molecule has 29 heavy (non-hydrogen) atoms. The van der Waals surface area contributed by atoms with E-state index in [9.17, 15) is 5.26 Å². The van der Waals surface area contributed by atoms with Gasteiger partial charge in [0.05, 0.1) is 16.6 Å². The first-order valence-electron chi connectivity index (χ1n) is 9.18. The van der Waals surface area contributed by atoms with Crippen LogP contribution < -0.4 is 4.74 Å². The number of H-pyrrole nitrogens is 1.